The molecule has 0 fully saturated rings. The van der Waals surface area contributed by atoms with Crippen molar-refractivity contribution in [2.45, 2.75) is 46.1 Å². The number of ether oxygens (including phenoxy) is 2. The highest BCUT2D eigenvalue weighted by atomic mass is 16.5. The fourth-order valence-electron chi connectivity index (χ4n) is 2.55. The van der Waals surface area contributed by atoms with Gasteiger partial charge in [0.1, 0.15) is 5.75 Å². The lowest BCUT2D eigenvalue weighted by Crippen LogP contribution is -2.44. The molecule has 0 heterocycles. The smallest absolute Gasteiger partial charge is 0.307 e. The van der Waals surface area contributed by atoms with E-state index in [1.165, 1.54) is 0 Å². The van der Waals surface area contributed by atoms with Gasteiger partial charge in [0.05, 0.1) is 38.7 Å². The van der Waals surface area contributed by atoms with Gasteiger partial charge in [0.15, 0.2) is 0 Å². The van der Waals surface area contributed by atoms with Crippen LogP contribution in [-0.4, -0.2) is 54.3 Å². The quantitative estimate of drug-likeness (QED) is 0.619. The summed E-state index contributed by atoms with van der Waals surface area (Å²) >= 11 is 0. The molecule has 6 nitrogen and oxygen atoms in total. The van der Waals surface area contributed by atoms with Gasteiger partial charge < -0.3 is 19.5 Å². The molecule has 0 aliphatic heterocycles. The predicted molar refractivity (Wildman–Crippen MR) is 95.4 cm³/mol. The lowest BCUT2D eigenvalue weighted by molar-refractivity contribution is -0.144. The molecule has 0 bridgehead atoms. The van der Waals surface area contributed by atoms with Crippen molar-refractivity contribution in [3.8, 4) is 5.75 Å². The molecule has 0 spiro atoms. The van der Waals surface area contributed by atoms with Crippen molar-refractivity contribution in [2.24, 2.45) is 0 Å². The molecule has 0 saturated heterocycles. The Kier molecular flexibility index (Phi) is 9.62. The molecule has 140 valence electrons. The zero-order chi connectivity index (χ0) is 18.7. The van der Waals surface area contributed by atoms with Gasteiger partial charge in [-0.15, -0.1) is 0 Å². The van der Waals surface area contributed by atoms with Crippen LogP contribution in [0.15, 0.2) is 24.3 Å². The molecule has 0 aliphatic carbocycles. The Balaban J connectivity index is 2.75. The highest BCUT2D eigenvalue weighted by Gasteiger charge is 2.23. The fourth-order valence-corrected chi connectivity index (χ4v) is 2.55. The minimum absolute atomic E-state index is 0.116. The molecule has 0 aliphatic rings. The van der Waals surface area contributed by atoms with Crippen molar-refractivity contribution in [3.63, 3.8) is 0 Å². The second-order valence-corrected chi connectivity index (χ2v) is 5.64. The Morgan fingerprint density at radius 2 is 1.80 bits per heavy atom. The first-order chi connectivity index (χ1) is 12.0. The Hall–Kier alpha value is -2.08. The fraction of sp³-hybridized carbons (Fsp3) is 0.579. The van der Waals surface area contributed by atoms with Crippen LogP contribution < -0.4 is 4.74 Å². The van der Waals surface area contributed by atoms with Crippen molar-refractivity contribution in [3.05, 3.63) is 29.8 Å². The average molecular weight is 351 g/mol. The van der Waals surface area contributed by atoms with Crippen LogP contribution in [0.5, 0.6) is 5.75 Å². The van der Waals surface area contributed by atoms with Crippen molar-refractivity contribution < 1.29 is 24.2 Å². The number of amides is 1. The van der Waals surface area contributed by atoms with Gasteiger partial charge in [0, 0.05) is 6.54 Å². The highest BCUT2D eigenvalue weighted by Crippen LogP contribution is 2.15. The van der Waals surface area contributed by atoms with Gasteiger partial charge in [-0.1, -0.05) is 19.1 Å². The van der Waals surface area contributed by atoms with Crippen LogP contribution in [0.1, 0.15) is 39.2 Å². The molecule has 1 atom stereocenters. The largest absolute Gasteiger partial charge is 0.494 e. The van der Waals surface area contributed by atoms with Gasteiger partial charge in [0.2, 0.25) is 5.91 Å². The maximum Gasteiger partial charge on any atom is 0.307 e. The van der Waals surface area contributed by atoms with Gasteiger partial charge in [0.25, 0.3) is 0 Å². The molecule has 0 saturated carbocycles. The minimum Gasteiger partial charge on any atom is -0.494 e. The molecule has 1 rings (SSSR count). The Labute approximate surface area is 149 Å². The number of hydrogen-bond donors (Lipinski definition) is 1. The lowest BCUT2D eigenvalue weighted by Gasteiger charge is -2.30. The summed E-state index contributed by atoms with van der Waals surface area (Å²) in [5, 5.41) is 9.55. The zero-order valence-electron chi connectivity index (χ0n) is 15.4. The van der Waals surface area contributed by atoms with E-state index in [0.29, 0.717) is 19.6 Å². The van der Waals surface area contributed by atoms with E-state index in [-0.39, 0.29) is 43.9 Å². The Morgan fingerprint density at radius 1 is 1.12 bits per heavy atom. The normalized spacial score (nSPS) is 11.7. The summed E-state index contributed by atoms with van der Waals surface area (Å²) in [6.45, 7) is 6.59. The number of rotatable bonds is 11. The molecule has 1 aromatic carbocycles. The third kappa shape index (κ3) is 7.13. The third-order valence-corrected chi connectivity index (χ3v) is 3.89. The van der Waals surface area contributed by atoms with Crippen molar-refractivity contribution in [1.82, 2.24) is 4.90 Å². The van der Waals surface area contributed by atoms with Crippen molar-refractivity contribution in [2.75, 3.05) is 26.4 Å². The summed E-state index contributed by atoms with van der Waals surface area (Å²) in [4.78, 5) is 25.9. The number of aliphatic hydroxyl groups is 1. The maximum atomic E-state index is 12.7. The van der Waals surface area contributed by atoms with Crippen LogP contribution in [0.25, 0.3) is 0 Å². The van der Waals surface area contributed by atoms with Crippen molar-refractivity contribution >= 4 is 11.9 Å². The first-order valence-electron chi connectivity index (χ1n) is 8.83. The topological polar surface area (TPSA) is 76.1 Å². The second kappa shape index (κ2) is 11.5. The molecule has 1 N–H and O–H groups in total. The van der Waals surface area contributed by atoms with Gasteiger partial charge in [-0.2, -0.15) is 0 Å². The van der Waals surface area contributed by atoms with Crippen LogP contribution in [0.2, 0.25) is 0 Å². The summed E-state index contributed by atoms with van der Waals surface area (Å²) in [6, 6.07) is 7.07. The van der Waals surface area contributed by atoms with Crippen LogP contribution >= 0.6 is 0 Å². The molecule has 25 heavy (non-hydrogen) atoms. The number of carbonyl (C=O) groups excluding carboxylic acids is 2. The SMILES string of the molecule is CCOC(=O)CCN(C(=O)Cc1ccc(OCC)cc1)C(CC)CO. The van der Waals surface area contributed by atoms with Gasteiger partial charge in [-0.05, 0) is 38.0 Å². The van der Waals surface area contributed by atoms with E-state index >= 15 is 0 Å². The van der Waals surface area contributed by atoms with Crippen LogP contribution in [0.4, 0.5) is 0 Å². The molecule has 0 aromatic heterocycles. The van der Waals surface area contributed by atoms with E-state index in [4.69, 9.17) is 9.47 Å². The molecule has 6 heteroatoms. The lowest BCUT2D eigenvalue weighted by atomic mass is 10.1. The minimum atomic E-state index is -0.339. The number of nitrogens with zero attached hydrogens (tertiary/aromatic N) is 1. The summed E-state index contributed by atoms with van der Waals surface area (Å²) < 4.78 is 10.3. The molecule has 0 radical (unpaired) electrons. The summed E-state index contributed by atoms with van der Waals surface area (Å²) in [5.74, 6) is 0.308. The number of aliphatic hydroxyl groups excluding tert-OH is 1. The van der Waals surface area contributed by atoms with Crippen molar-refractivity contribution in [1.29, 1.82) is 0 Å². The molecular formula is C19H29NO5. The number of esters is 1. The number of carbonyl (C=O) groups is 2. The number of hydrogen-bond acceptors (Lipinski definition) is 5. The van der Waals surface area contributed by atoms with Gasteiger partial charge in [-0.25, -0.2) is 0 Å². The maximum absolute atomic E-state index is 12.7. The number of benzene rings is 1. The van der Waals surface area contributed by atoms with Crippen LogP contribution in [0.3, 0.4) is 0 Å². The summed E-state index contributed by atoms with van der Waals surface area (Å²) in [5.41, 5.74) is 0.863. The molecule has 1 unspecified atom stereocenters. The van der Waals surface area contributed by atoms with E-state index in [2.05, 4.69) is 0 Å². The molecule has 1 amide bonds. The Bertz CT molecular complexity index is 525. The summed E-state index contributed by atoms with van der Waals surface area (Å²) in [6.07, 6.45) is 0.958. The Morgan fingerprint density at radius 3 is 2.32 bits per heavy atom. The summed E-state index contributed by atoms with van der Waals surface area (Å²) in [7, 11) is 0. The third-order valence-electron chi connectivity index (χ3n) is 3.89. The predicted octanol–water partition coefficient (Wildman–Crippen LogP) is 2.18. The zero-order valence-corrected chi connectivity index (χ0v) is 15.4. The monoisotopic (exact) mass is 351 g/mol. The van der Waals surface area contributed by atoms with Crippen LogP contribution in [0, 0.1) is 0 Å². The molecular weight excluding hydrogens is 322 g/mol. The van der Waals surface area contributed by atoms with E-state index < -0.39 is 0 Å². The van der Waals surface area contributed by atoms with E-state index in [0.717, 1.165) is 11.3 Å². The van der Waals surface area contributed by atoms with Gasteiger partial charge >= 0.3 is 5.97 Å². The van der Waals surface area contributed by atoms with E-state index in [9.17, 15) is 14.7 Å². The van der Waals surface area contributed by atoms with Gasteiger partial charge in [-0.3, -0.25) is 9.59 Å². The standard InChI is InChI=1S/C19H29NO5/c1-4-16(14-21)20(12-11-19(23)25-6-3)18(22)13-15-7-9-17(10-8-15)24-5-2/h7-10,16,21H,4-6,11-14H2,1-3H3. The second-order valence-electron chi connectivity index (χ2n) is 5.64. The molecule has 1 aromatic rings. The van der Waals surface area contributed by atoms with E-state index in [1.807, 2.05) is 38.1 Å². The average Bonchev–Trinajstić information content (AvgIpc) is 2.60. The first kappa shape index (κ1) is 21.0. The first-order valence-corrected chi connectivity index (χ1v) is 8.83. The van der Waals surface area contributed by atoms with Crippen LogP contribution in [-0.2, 0) is 20.7 Å². The van der Waals surface area contributed by atoms with E-state index in [1.54, 1.807) is 11.8 Å². The highest BCUT2D eigenvalue weighted by molar-refractivity contribution is 5.80.